The lowest BCUT2D eigenvalue weighted by Crippen LogP contribution is -2.50. The molecule has 0 unspecified atom stereocenters. The Morgan fingerprint density at radius 3 is 2.70 bits per heavy atom. The van der Waals surface area contributed by atoms with Gasteiger partial charge in [-0.3, -0.25) is 0 Å². The summed E-state index contributed by atoms with van der Waals surface area (Å²) in [6, 6.07) is 5.04. The lowest BCUT2D eigenvalue weighted by atomic mass is 9.88. The van der Waals surface area contributed by atoms with Crippen LogP contribution >= 0.6 is 31.9 Å². The van der Waals surface area contributed by atoms with Crippen LogP contribution in [0.1, 0.15) is 17.2 Å². The Labute approximate surface area is 147 Å². The molecule has 0 radical (unpaired) electrons. The Hall–Kier alpha value is -1.61. The van der Waals surface area contributed by atoms with Gasteiger partial charge in [-0.05, 0) is 41.1 Å². The minimum atomic E-state index is -4.01. The monoisotopic (exact) mass is 440 g/mol. The molecule has 0 saturated heterocycles. The number of rotatable bonds is 1. The van der Waals surface area contributed by atoms with Gasteiger partial charge in [-0.15, -0.1) is 0 Å². The van der Waals surface area contributed by atoms with Gasteiger partial charge in [-0.1, -0.05) is 0 Å². The van der Waals surface area contributed by atoms with Crippen molar-refractivity contribution in [2.45, 2.75) is 6.92 Å². The predicted octanol–water partition coefficient (Wildman–Crippen LogP) is 3.72. The summed E-state index contributed by atoms with van der Waals surface area (Å²) in [5.74, 6) is 0.426. The molecule has 2 aliphatic heterocycles. The van der Waals surface area contributed by atoms with Crippen LogP contribution in [0.2, 0.25) is 0 Å². The molecule has 2 aromatic rings. The van der Waals surface area contributed by atoms with Crippen LogP contribution in [0.4, 0.5) is 8.63 Å². The summed E-state index contributed by atoms with van der Waals surface area (Å²) in [6.07, 6.45) is 4.90. The molecule has 9 heteroatoms. The third-order valence-corrected chi connectivity index (χ3v) is 5.18. The molecular weight excluding hydrogens is 433 g/mol. The second-order valence-electron chi connectivity index (χ2n) is 5.31. The molecule has 116 valence electrons. The largest absolute Gasteiger partial charge is 0.738 e. The lowest BCUT2D eigenvalue weighted by Gasteiger charge is -2.31. The van der Waals surface area contributed by atoms with Crippen LogP contribution in [-0.2, 0) is 0 Å². The van der Waals surface area contributed by atoms with E-state index in [0.717, 1.165) is 14.7 Å². The van der Waals surface area contributed by atoms with Gasteiger partial charge >= 0.3 is 6.97 Å². The van der Waals surface area contributed by atoms with Gasteiger partial charge in [0.15, 0.2) is 11.5 Å². The fourth-order valence-corrected chi connectivity index (χ4v) is 4.07. The van der Waals surface area contributed by atoms with Crippen LogP contribution in [0.15, 0.2) is 46.8 Å². The maximum Gasteiger partial charge on any atom is 0.738 e. The molecule has 4 nitrogen and oxygen atoms in total. The number of hydrogen-bond acceptors (Lipinski definition) is 2. The van der Waals surface area contributed by atoms with E-state index < -0.39 is 6.97 Å². The first-order valence-electron chi connectivity index (χ1n) is 6.85. The van der Waals surface area contributed by atoms with Crippen LogP contribution in [0.3, 0.4) is 0 Å². The molecule has 0 aliphatic carbocycles. The zero-order valence-corrected chi connectivity index (χ0v) is 15.0. The number of nitrogens with zero attached hydrogens (tertiary/aromatic N) is 4. The van der Waals surface area contributed by atoms with Crippen molar-refractivity contribution in [3.8, 4) is 0 Å². The van der Waals surface area contributed by atoms with Crippen molar-refractivity contribution >= 4 is 49.0 Å². The van der Waals surface area contributed by atoms with Crippen LogP contribution in [0.25, 0.3) is 5.57 Å². The summed E-state index contributed by atoms with van der Waals surface area (Å²) < 4.78 is 32.7. The molecule has 4 rings (SSSR count). The summed E-state index contributed by atoms with van der Waals surface area (Å²) in [4.78, 5) is 8.70. The van der Waals surface area contributed by atoms with E-state index in [2.05, 4.69) is 41.8 Å². The zero-order chi connectivity index (χ0) is 16.4. The van der Waals surface area contributed by atoms with E-state index in [9.17, 15) is 0 Å². The minimum Gasteiger partial charge on any atom is -0.389 e. The van der Waals surface area contributed by atoms with Gasteiger partial charge in [0.25, 0.3) is 0 Å². The van der Waals surface area contributed by atoms with Crippen molar-refractivity contribution in [3.63, 3.8) is 0 Å². The fourth-order valence-electron chi connectivity index (χ4n) is 2.93. The van der Waals surface area contributed by atoms with E-state index in [1.807, 2.05) is 6.92 Å². The van der Waals surface area contributed by atoms with Crippen LogP contribution in [-0.4, -0.2) is 30.5 Å². The molecule has 0 saturated carbocycles. The summed E-state index contributed by atoms with van der Waals surface area (Å²) in [5.41, 5.74) is 2.15. The third kappa shape index (κ3) is 2.02. The molecule has 4 heterocycles. The van der Waals surface area contributed by atoms with E-state index in [1.54, 1.807) is 36.5 Å². The molecule has 2 aliphatic rings. The third-order valence-electron chi connectivity index (χ3n) is 3.89. The van der Waals surface area contributed by atoms with Crippen LogP contribution in [0.5, 0.6) is 0 Å². The maximum absolute atomic E-state index is 15.0. The first kappa shape index (κ1) is 15.0. The molecule has 23 heavy (non-hydrogen) atoms. The summed E-state index contributed by atoms with van der Waals surface area (Å²) in [6.45, 7) is -2.17. The standard InChI is InChI=1S/C14H9BBr2F2N4/c1-8-6-7-20-14(21-8)13-9-2-4-11(16)22(9)15(18,19)23-10(13)3-5-12(23)17/h2-7H,1H3. The van der Waals surface area contributed by atoms with Gasteiger partial charge in [-0.2, -0.15) is 0 Å². The quantitative estimate of drug-likeness (QED) is 0.632. The Kier molecular flexibility index (Phi) is 3.21. The van der Waals surface area contributed by atoms with E-state index in [1.165, 1.54) is 0 Å². The molecule has 0 bridgehead atoms. The lowest BCUT2D eigenvalue weighted by molar-refractivity contribution is -0.358. The smallest absolute Gasteiger partial charge is 0.389 e. The second-order valence-corrected chi connectivity index (χ2v) is 6.93. The van der Waals surface area contributed by atoms with Crippen LogP contribution in [0, 0.1) is 6.92 Å². The van der Waals surface area contributed by atoms with Crippen molar-refractivity contribution in [2.75, 3.05) is 0 Å². The first-order valence-corrected chi connectivity index (χ1v) is 8.43. The van der Waals surface area contributed by atoms with E-state index in [4.69, 9.17) is 0 Å². The highest BCUT2D eigenvalue weighted by Gasteiger charge is 2.54. The van der Waals surface area contributed by atoms with E-state index >= 15 is 8.63 Å². The summed E-state index contributed by atoms with van der Waals surface area (Å²) in [5, 5.41) is 0. The van der Waals surface area contributed by atoms with Crippen LogP contribution < -0.4 is 0 Å². The SMILES string of the molecule is Cc1ccnc(C2=C3C=CC(Br)=[N+]3[B-](F)(F)n3c(Br)ccc32)n1. The summed E-state index contributed by atoms with van der Waals surface area (Å²) >= 11 is 6.45. The van der Waals surface area contributed by atoms with Gasteiger partial charge < -0.3 is 17.6 Å². The maximum atomic E-state index is 15.0. The fraction of sp³-hybridized carbons (Fsp3) is 0.0714. The van der Waals surface area contributed by atoms with Crippen molar-refractivity contribution in [1.82, 2.24) is 14.4 Å². The average Bonchev–Trinajstić information content (AvgIpc) is 3.05. The predicted molar refractivity (Wildman–Crippen MR) is 91.6 cm³/mol. The molecule has 0 amide bonds. The number of aromatic nitrogens is 3. The summed E-state index contributed by atoms with van der Waals surface area (Å²) in [7, 11) is 0. The highest BCUT2D eigenvalue weighted by molar-refractivity contribution is 9.18. The van der Waals surface area contributed by atoms with Gasteiger partial charge in [0.05, 0.1) is 4.60 Å². The zero-order valence-electron chi connectivity index (χ0n) is 11.8. The Morgan fingerprint density at radius 1 is 1.17 bits per heavy atom. The van der Waals surface area contributed by atoms with Gasteiger partial charge in [-0.25, -0.2) is 9.97 Å². The highest BCUT2D eigenvalue weighted by Crippen LogP contribution is 2.40. The average molecular weight is 442 g/mol. The second kappa shape index (κ2) is 4.94. The molecular formula is C14H9BBr2F2N4. The Bertz CT molecular complexity index is 946. The van der Waals surface area contributed by atoms with Crippen molar-refractivity contribution < 1.29 is 13.1 Å². The molecule has 0 spiro atoms. The number of aryl methyl sites for hydroxylation is 1. The number of hydrogen-bond donors (Lipinski definition) is 0. The molecule has 0 fully saturated rings. The Balaban J connectivity index is 2.12. The van der Waals surface area contributed by atoms with E-state index in [-0.39, 0.29) is 0 Å². The van der Waals surface area contributed by atoms with Crippen molar-refractivity contribution in [3.05, 3.63) is 64.1 Å². The number of allylic oxidation sites excluding steroid dienone is 2. The van der Waals surface area contributed by atoms with Crippen molar-refractivity contribution in [2.24, 2.45) is 0 Å². The van der Waals surface area contributed by atoms with E-state index in [0.29, 0.717) is 32.0 Å². The molecule has 2 aromatic heterocycles. The highest BCUT2D eigenvalue weighted by atomic mass is 79.9. The van der Waals surface area contributed by atoms with Gasteiger partial charge in [0.1, 0.15) is 5.57 Å². The Morgan fingerprint density at radius 2 is 1.96 bits per heavy atom. The topological polar surface area (TPSA) is 33.7 Å². The normalized spacial score (nSPS) is 18.5. The number of halogens is 4. The molecule has 0 atom stereocenters. The molecule has 0 N–H and O–H groups in total. The first-order chi connectivity index (χ1) is 10.9. The van der Waals surface area contributed by atoms with Gasteiger partial charge in [0, 0.05) is 45.7 Å². The molecule has 0 aromatic carbocycles. The van der Waals surface area contributed by atoms with Gasteiger partial charge in [0.2, 0.25) is 4.62 Å². The van der Waals surface area contributed by atoms with Crippen molar-refractivity contribution in [1.29, 1.82) is 0 Å². The number of fused-ring (bicyclic) bond motifs is 2. The minimum absolute atomic E-state index is 0.314.